The highest BCUT2D eigenvalue weighted by molar-refractivity contribution is 7.80. The van der Waals surface area contributed by atoms with Crippen LogP contribution in [0.5, 0.6) is 0 Å². The zero-order valence-corrected chi connectivity index (χ0v) is 13.1. The average Bonchev–Trinajstić information content (AvgIpc) is 2.80. The Morgan fingerprint density at radius 1 is 1.25 bits per heavy atom. The van der Waals surface area contributed by atoms with Crippen LogP contribution in [0.3, 0.4) is 0 Å². The average molecular weight is 289 g/mol. The van der Waals surface area contributed by atoms with Gasteiger partial charge >= 0.3 is 0 Å². The van der Waals surface area contributed by atoms with Crippen LogP contribution in [-0.2, 0) is 12.8 Å². The summed E-state index contributed by atoms with van der Waals surface area (Å²) >= 11 is 5.17. The molecule has 2 aromatic rings. The lowest BCUT2D eigenvalue weighted by molar-refractivity contribution is 0.785. The minimum absolute atomic E-state index is 0.334. The molecule has 0 unspecified atom stereocenters. The lowest BCUT2D eigenvalue weighted by atomic mass is 10.1. The van der Waals surface area contributed by atoms with Crippen molar-refractivity contribution in [2.45, 2.75) is 40.5 Å². The van der Waals surface area contributed by atoms with Gasteiger partial charge in [0.2, 0.25) is 0 Å². The highest BCUT2D eigenvalue weighted by Crippen LogP contribution is 2.20. The molecule has 0 amide bonds. The molecule has 0 bridgehead atoms. The van der Waals surface area contributed by atoms with Crippen LogP contribution in [-0.4, -0.2) is 24.7 Å². The van der Waals surface area contributed by atoms with Crippen molar-refractivity contribution in [1.82, 2.24) is 19.7 Å². The van der Waals surface area contributed by atoms with Crippen LogP contribution < -0.4 is 5.73 Å². The molecule has 0 saturated heterocycles. The van der Waals surface area contributed by atoms with Gasteiger partial charge in [-0.1, -0.05) is 26.1 Å². The van der Waals surface area contributed by atoms with Gasteiger partial charge in [-0.15, -0.1) is 0 Å². The summed E-state index contributed by atoms with van der Waals surface area (Å²) in [5, 5.41) is 4.56. The molecule has 0 aromatic carbocycles. The number of aromatic nitrogens is 4. The quantitative estimate of drug-likeness (QED) is 0.872. The number of hydrogen-bond donors (Lipinski definition) is 1. The highest BCUT2D eigenvalue weighted by Gasteiger charge is 2.17. The van der Waals surface area contributed by atoms with Crippen LogP contribution in [0.4, 0.5) is 0 Å². The largest absolute Gasteiger partial charge is 0.389 e. The number of nitrogens with two attached hydrogens (primary N) is 1. The highest BCUT2D eigenvalue weighted by atomic mass is 32.1. The third-order valence-electron chi connectivity index (χ3n) is 3.13. The molecule has 2 rings (SSSR count). The molecule has 0 atom stereocenters. The monoisotopic (exact) mass is 289 g/mol. The van der Waals surface area contributed by atoms with E-state index in [9.17, 15) is 0 Å². The van der Waals surface area contributed by atoms with E-state index in [4.69, 9.17) is 18.0 Å². The van der Waals surface area contributed by atoms with E-state index in [1.165, 1.54) is 0 Å². The van der Waals surface area contributed by atoms with E-state index in [-0.39, 0.29) is 0 Å². The second kappa shape index (κ2) is 5.66. The lowest BCUT2D eigenvalue weighted by Gasteiger charge is -2.13. The first kappa shape index (κ1) is 14.6. The molecule has 2 heterocycles. The van der Waals surface area contributed by atoms with Gasteiger partial charge in [0.25, 0.3) is 0 Å². The maximum absolute atomic E-state index is 5.86. The molecule has 0 saturated carbocycles. The fourth-order valence-electron chi connectivity index (χ4n) is 2.24. The van der Waals surface area contributed by atoms with E-state index in [1.54, 1.807) is 0 Å². The van der Waals surface area contributed by atoms with Crippen molar-refractivity contribution >= 4 is 17.2 Å². The second-order valence-corrected chi connectivity index (χ2v) is 5.11. The molecule has 6 heteroatoms. The first-order valence-electron chi connectivity index (χ1n) is 6.71. The van der Waals surface area contributed by atoms with Gasteiger partial charge in [0.15, 0.2) is 5.82 Å². The van der Waals surface area contributed by atoms with Crippen LogP contribution >= 0.6 is 12.2 Å². The fourth-order valence-corrected chi connectivity index (χ4v) is 2.50. The minimum atomic E-state index is 0.334. The Hall–Kier alpha value is -1.82. The zero-order chi connectivity index (χ0) is 14.9. The second-order valence-electron chi connectivity index (χ2n) is 4.67. The van der Waals surface area contributed by atoms with Gasteiger partial charge in [-0.05, 0) is 19.9 Å². The summed E-state index contributed by atoms with van der Waals surface area (Å²) in [5.74, 6) is 1.73. The Kier molecular flexibility index (Phi) is 4.13. The summed E-state index contributed by atoms with van der Waals surface area (Å²) in [4.78, 5) is 9.30. The normalized spacial score (nSPS) is 10.8. The summed E-state index contributed by atoms with van der Waals surface area (Å²) in [5.41, 5.74) is 9.23. The molecular weight excluding hydrogens is 270 g/mol. The van der Waals surface area contributed by atoms with Crippen molar-refractivity contribution in [2.24, 2.45) is 5.73 Å². The molecule has 0 radical (unpaired) electrons. The van der Waals surface area contributed by atoms with Gasteiger partial charge in [-0.2, -0.15) is 5.10 Å². The van der Waals surface area contributed by atoms with Gasteiger partial charge in [0, 0.05) is 24.2 Å². The van der Waals surface area contributed by atoms with Gasteiger partial charge in [0.1, 0.15) is 10.8 Å². The number of hydrogen-bond acceptors (Lipinski definition) is 4. The van der Waals surface area contributed by atoms with E-state index in [0.717, 1.165) is 47.1 Å². The number of thiocarbonyl (C=S) groups is 1. The first-order valence-corrected chi connectivity index (χ1v) is 7.11. The summed E-state index contributed by atoms with van der Waals surface area (Å²) in [6, 6.07) is 1.95. The van der Waals surface area contributed by atoms with Gasteiger partial charge < -0.3 is 5.73 Å². The minimum Gasteiger partial charge on any atom is -0.389 e. The van der Waals surface area contributed by atoms with Gasteiger partial charge in [-0.3, -0.25) is 4.98 Å². The SMILES string of the molecule is CCc1nc(CC)n(-c2cc(C)nc(C)c2C(N)=S)n1. The molecule has 2 aromatic heterocycles. The number of nitrogens with zero attached hydrogens (tertiary/aromatic N) is 4. The fraction of sp³-hybridized carbons (Fsp3) is 0.429. The van der Waals surface area contributed by atoms with Crippen LogP contribution in [0.15, 0.2) is 6.07 Å². The van der Waals surface area contributed by atoms with Crippen molar-refractivity contribution < 1.29 is 0 Å². The van der Waals surface area contributed by atoms with Crippen LogP contribution in [0.1, 0.15) is 42.4 Å². The molecular formula is C14H19N5S. The number of pyridine rings is 1. The van der Waals surface area contributed by atoms with Crippen molar-refractivity contribution in [3.8, 4) is 5.69 Å². The maximum atomic E-state index is 5.86. The van der Waals surface area contributed by atoms with E-state index in [1.807, 2.05) is 31.5 Å². The Morgan fingerprint density at radius 2 is 1.95 bits per heavy atom. The molecule has 0 aliphatic heterocycles. The van der Waals surface area contributed by atoms with E-state index in [0.29, 0.717) is 4.99 Å². The van der Waals surface area contributed by atoms with E-state index < -0.39 is 0 Å². The van der Waals surface area contributed by atoms with Crippen LogP contribution in [0, 0.1) is 13.8 Å². The Bertz CT molecular complexity index is 660. The van der Waals surface area contributed by atoms with Crippen molar-refractivity contribution in [2.75, 3.05) is 0 Å². The topological polar surface area (TPSA) is 69.6 Å². The summed E-state index contributed by atoms with van der Waals surface area (Å²) in [6.07, 6.45) is 1.59. The molecule has 5 nitrogen and oxygen atoms in total. The Morgan fingerprint density at radius 3 is 2.50 bits per heavy atom. The first-order chi connectivity index (χ1) is 9.47. The summed E-state index contributed by atoms with van der Waals surface area (Å²) in [6.45, 7) is 7.95. The van der Waals surface area contributed by atoms with Crippen LogP contribution in [0.25, 0.3) is 5.69 Å². The van der Waals surface area contributed by atoms with E-state index in [2.05, 4.69) is 22.0 Å². The summed E-state index contributed by atoms with van der Waals surface area (Å²) in [7, 11) is 0. The van der Waals surface area contributed by atoms with E-state index >= 15 is 0 Å². The molecule has 2 N–H and O–H groups in total. The van der Waals surface area contributed by atoms with Gasteiger partial charge in [-0.25, -0.2) is 9.67 Å². The standard InChI is InChI=1S/C14H19N5S/c1-5-11-17-12(6-2)19(18-11)10-7-8(3)16-9(4)13(10)14(15)20/h7H,5-6H2,1-4H3,(H2,15,20). The predicted molar refractivity (Wildman–Crippen MR) is 83.3 cm³/mol. The van der Waals surface area contributed by atoms with Gasteiger partial charge in [0.05, 0.1) is 11.3 Å². The molecule has 0 fully saturated rings. The van der Waals surface area contributed by atoms with Crippen molar-refractivity contribution in [3.63, 3.8) is 0 Å². The summed E-state index contributed by atoms with van der Waals surface area (Å²) < 4.78 is 1.84. The molecule has 0 aliphatic carbocycles. The molecule has 20 heavy (non-hydrogen) atoms. The number of rotatable bonds is 4. The molecule has 106 valence electrons. The smallest absolute Gasteiger partial charge is 0.151 e. The van der Waals surface area contributed by atoms with Crippen molar-refractivity contribution in [3.05, 3.63) is 34.7 Å². The molecule has 0 spiro atoms. The Balaban J connectivity index is 2.74. The third-order valence-corrected chi connectivity index (χ3v) is 3.34. The predicted octanol–water partition coefficient (Wildman–Crippen LogP) is 2.04. The zero-order valence-electron chi connectivity index (χ0n) is 12.3. The Labute approximate surface area is 124 Å². The maximum Gasteiger partial charge on any atom is 0.151 e. The van der Waals surface area contributed by atoms with Crippen LogP contribution in [0.2, 0.25) is 0 Å². The third kappa shape index (κ3) is 2.56. The lowest BCUT2D eigenvalue weighted by Crippen LogP contribution is -2.18. The van der Waals surface area contributed by atoms with Crippen molar-refractivity contribution in [1.29, 1.82) is 0 Å². The molecule has 0 aliphatic rings. The number of aryl methyl sites for hydroxylation is 4.